The highest BCUT2D eigenvalue weighted by Crippen LogP contribution is 2.29. The normalized spacial score (nSPS) is 13.9. The minimum Gasteiger partial charge on any atom is -0.496 e. The van der Waals surface area contributed by atoms with E-state index in [9.17, 15) is 4.79 Å². The Bertz CT molecular complexity index is 1380. The number of nitrogens with zero attached hydrogens (tertiary/aromatic N) is 1. The maximum atomic E-state index is 13.2. The monoisotopic (exact) mass is 610 g/mol. The first-order chi connectivity index (χ1) is 18.9. The lowest BCUT2D eigenvalue weighted by Gasteiger charge is -2.16. The van der Waals surface area contributed by atoms with Crippen LogP contribution >= 0.6 is 28.1 Å². The number of rotatable bonds is 12. The molecule has 0 saturated carbocycles. The van der Waals surface area contributed by atoms with Crippen LogP contribution in [0, 0.1) is 0 Å². The van der Waals surface area contributed by atoms with Gasteiger partial charge in [0, 0.05) is 16.6 Å². The van der Waals surface area contributed by atoms with Crippen LogP contribution in [0.4, 0.5) is 0 Å². The van der Waals surface area contributed by atoms with Gasteiger partial charge in [-0.3, -0.25) is 9.69 Å². The van der Waals surface area contributed by atoms with Crippen molar-refractivity contribution in [2.45, 2.75) is 26.9 Å². The summed E-state index contributed by atoms with van der Waals surface area (Å²) in [6.45, 7) is 5.73. The molecule has 3 aromatic rings. The van der Waals surface area contributed by atoms with Gasteiger partial charge in [-0.1, -0.05) is 34.1 Å². The first kappa shape index (κ1) is 28.4. The van der Waals surface area contributed by atoms with Gasteiger partial charge in [0.05, 0.1) is 20.3 Å². The number of methoxy groups -OCH3 is 1. The van der Waals surface area contributed by atoms with Crippen molar-refractivity contribution in [3.8, 4) is 23.0 Å². The molecular formula is C30H31BrN2O5S. The Morgan fingerprint density at radius 1 is 0.949 bits per heavy atom. The molecule has 0 aromatic heterocycles. The van der Waals surface area contributed by atoms with Gasteiger partial charge < -0.3 is 24.3 Å². The quantitative estimate of drug-likeness (QED) is 0.195. The van der Waals surface area contributed by atoms with Crippen molar-refractivity contribution in [2.24, 2.45) is 0 Å². The fourth-order valence-electron chi connectivity index (χ4n) is 4.15. The number of hydrogen-bond acceptors (Lipinski definition) is 6. The molecule has 0 radical (unpaired) electrons. The molecule has 0 aliphatic carbocycles. The van der Waals surface area contributed by atoms with Gasteiger partial charge in [-0.25, -0.2) is 0 Å². The van der Waals surface area contributed by atoms with Crippen LogP contribution in [-0.4, -0.2) is 42.8 Å². The predicted molar refractivity (Wildman–Crippen MR) is 159 cm³/mol. The van der Waals surface area contributed by atoms with E-state index in [1.54, 1.807) is 18.1 Å². The average Bonchev–Trinajstić information content (AvgIpc) is 3.19. The third-order valence-corrected chi connectivity index (χ3v) is 6.82. The molecular weight excluding hydrogens is 580 g/mol. The zero-order chi connectivity index (χ0) is 27.8. The van der Waals surface area contributed by atoms with Crippen molar-refractivity contribution in [1.82, 2.24) is 10.2 Å². The number of benzene rings is 3. The number of carbonyl (C=O) groups excluding carboxylic acids is 1. The van der Waals surface area contributed by atoms with Crippen LogP contribution in [0.15, 0.2) is 70.8 Å². The topological polar surface area (TPSA) is 69.3 Å². The fraction of sp³-hybridized carbons (Fsp3) is 0.267. The lowest BCUT2D eigenvalue weighted by atomic mass is 10.1. The van der Waals surface area contributed by atoms with E-state index in [2.05, 4.69) is 21.2 Å². The van der Waals surface area contributed by atoms with Crippen molar-refractivity contribution in [3.05, 3.63) is 87.5 Å². The van der Waals surface area contributed by atoms with Gasteiger partial charge in [-0.05, 0) is 92.2 Å². The molecule has 0 bridgehead atoms. The summed E-state index contributed by atoms with van der Waals surface area (Å²) in [5.74, 6) is 2.69. The second-order valence-electron chi connectivity index (χ2n) is 8.66. The van der Waals surface area contributed by atoms with E-state index in [-0.39, 0.29) is 5.91 Å². The second kappa shape index (κ2) is 13.5. The zero-order valence-electron chi connectivity index (χ0n) is 22.2. The number of halogens is 1. The van der Waals surface area contributed by atoms with E-state index in [0.717, 1.165) is 26.9 Å². The maximum Gasteiger partial charge on any atom is 0.276 e. The molecule has 4 rings (SSSR count). The van der Waals surface area contributed by atoms with Crippen molar-refractivity contribution in [1.29, 1.82) is 0 Å². The summed E-state index contributed by atoms with van der Waals surface area (Å²) in [6.07, 6.45) is 2.41. The molecule has 7 nitrogen and oxygen atoms in total. The predicted octanol–water partition coefficient (Wildman–Crippen LogP) is 6.13. The second-order valence-corrected chi connectivity index (χ2v) is 9.96. The van der Waals surface area contributed by atoms with Crippen LogP contribution in [0.25, 0.3) is 6.08 Å². The van der Waals surface area contributed by atoms with Gasteiger partial charge in [0.15, 0.2) is 16.6 Å². The molecule has 1 saturated heterocycles. The molecule has 3 aromatic carbocycles. The molecule has 9 heteroatoms. The van der Waals surface area contributed by atoms with E-state index in [1.807, 2.05) is 74.5 Å². The smallest absolute Gasteiger partial charge is 0.276 e. The van der Waals surface area contributed by atoms with Crippen molar-refractivity contribution in [3.63, 3.8) is 0 Å². The average molecular weight is 612 g/mol. The Hall–Kier alpha value is -3.56. The summed E-state index contributed by atoms with van der Waals surface area (Å²) in [6, 6.07) is 19.2. The van der Waals surface area contributed by atoms with E-state index in [4.69, 9.17) is 31.2 Å². The first-order valence-corrected chi connectivity index (χ1v) is 13.9. The number of nitrogens with one attached hydrogen (secondary N) is 1. The fourth-order valence-corrected chi connectivity index (χ4v) is 4.81. The minimum atomic E-state index is -0.168. The Labute approximate surface area is 242 Å². The summed E-state index contributed by atoms with van der Waals surface area (Å²) in [7, 11) is 1.62. The zero-order valence-corrected chi connectivity index (χ0v) is 24.6. The molecule has 1 aliphatic rings. The van der Waals surface area contributed by atoms with Crippen molar-refractivity contribution in [2.75, 3.05) is 26.9 Å². The van der Waals surface area contributed by atoms with Crippen LogP contribution in [-0.2, 0) is 17.8 Å². The lowest BCUT2D eigenvalue weighted by Crippen LogP contribution is -2.32. The summed E-state index contributed by atoms with van der Waals surface area (Å²) in [4.78, 5) is 14.8. The van der Waals surface area contributed by atoms with Gasteiger partial charge in [-0.15, -0.1) is 0 Å². The van der Waals surface area contributed by atoms with Crippen LogP contribution in [0.2, 0.25) is 0 Å². The Kier molecular flexibility index (Phi) is 9.84. The third-order valence-electron chi connectivity index (χ3n) is 6.00. The minimum absolute atomic E-state index is 0.168. The highest BCUT2D eigenvalue weighted by atomic mass is 79.9. The maximum absolute atomic E-state index is 13.2. The molecule has 204 valence electrons. The Morgan fingerprint density at radius 2 is 1.72 bits per heavy atom. The van der Waals surface area contributed by atoms with Gasteiger partial charge in [0.2, 0.25) is 0 Å². The lowest BCUT2D eigenvalue weighted by molar-refractivity contribution is -0.122. The first-order valence-electron chi connectivity index (χ1n) is 12.7. The largest absolute Gasteiger partial charge is 0.496 e. The summed E-state index contributed by atoms with van der Waals surface area (Å²) < 4.78 is 23.8. The van der Waals surface area contributed by atoms with Crippen LogP contribution in [0.3, 0.4) is 0 Å². The van der Waals surface area contributed by atoms with E-state index < -0.39 is 0 Å². The van der Waals surface area contributed by atoms with Crippen molar-refractivity contribution >= 4 is 45.2 Å². The summed E-state index contributed by atoms with van der Waals surface area (Å²) in [5, 5.41) is 3.45. The molecule has 1 heterocycles. The molecule has 0 spiro atoms. The number of thiocarbonyl (C=S) groups is 1. The van der Waals surface area contributed by atoms with Gasteiger partial charge >= 0.3 is 0 Å². The summed E-state index contributed by atoms with van der Waals surface area (Å²) in [5.41, 5.74) is 3.14. The Morgan fingerprint density at radius 3 is 2.46 bits per heavy atom. The molecule has 1 N–H and O–H groups in total. The number of hydrogen-bond donors (Lipinski definition) is 1. The van der Waals surface area contributed by atoms with Crippen molar-refractivity contribution < 1.29 is 23.7 Å². The number of ether oxygens (including phenoxy) is 4. The van der Waals surface area contributed by atoms with Crippen LogP contribution < -0.4 is 24.3 Å². The highest BCUT2D eigenvalue weighted by molar-refractivity contribution is 9.10. The highest BCUT2D eigenvalue weighted by Gasteiger charge is 2.30. The molecule has 1 fully saturated rings. The molecule has 39 heavy (non-hydrogen) atoms. The van der Waals surface area contributed by atoms with Gasteiger partial charge in [-0.2, -0.15) is 0 Å². The SMILES string of the molecule is CCOc1ccc(CCN2C(=O)/C(=C\c3ccc(OC)c(COc4cccc(Br)c4)c3)NC2=S)cc1OCC. The molecule has 1 amide bonds. The third kappa shape index (κ3) is 7.30. The van der Waals surface area contributed by atoms with Crippen LogP contribution in [0.5, 0.6) is 23.0 Å². The number of carbonyl (C=O) groups is 1. The van der Waals surface area contributed by atoms with E-state index in [0.29, 0.717) is 60.8 Å². The van der Waals surface area contributed by atoms with Gasteiger partial charge in [0.25, 0.3) is 5.91 Å². The molecule has 0 unspecified atom stereocenters. The number of amides is 1. The Balaban J connectivity index is 1.45. The standard InChI is InChI=1S/C30H31BrN2O5S/c1-4-36-27-12-9-20(17-28(27)37-5-2)13-14-33-29(34)25(32-30(33)39)16-21-10-11-26(35-3)22(15-21)19-38-24-8-6-7-23(31)18-24/h6-12,15-18H,4-5,13-14,19H2,1-3H3,(H,32,39)/b25-16+. The molecule has 0 atom stereocenters. The van der Waals surface area contributed by atoms with Crippen LogP contribution in [0.1, 0.15) is 30.5 Å². The van der Waals surface area contributed by atoms with E-state index in [1.165, 1.54) is 0 Å². The van der Waals surface area contributed by atoms with Gasteiger partial charge in [0.1, 0.15) is 23.8 Å². The summed E-state index contributed by atoms with van der Waals surface area (Å²) >= 11 is 8.94. The van der Waals surface area contributed by atoms with E-state index >= 15 is 0 Å². The molecule has 1 aliphatic heterocycles.